The lowest BCUT2D eigenvalue weighted by Gasteiger charge is -2.39. The van der Waals surface area contributed by atoms with Gasteiger partial charge in [0.15, 0.2) is 17.6 Å². The average Bonchev–Trinajstić information content (AvgIpc) is 3.36. The monoisotopic (exact) mass is 584 g/mol. The number of methoxy groups -OCH3 is 2. The van der Waals surface area contributed by atoms with E-state index in [1.165, 1.54) is 32.4 Å². The van der Waals surface area contributed by atoms with Gasteiger partial charge in [-0.25, -0.2) is 4.79 Å². The van der Waals surface area contributed by atoms with Crippen LogP contribution in [0.1, 0.15) is 23.1 Å². The van der Waals surface area contributed by atoms with E-state index in [2.05, 4.69) is 0 Å². The normalized spacial score (nSPS) is 29.3. The summed E-state index contributed by atoms with van der Waals surface area (Å²) in [7, 11) is 2.96. The summed E-state index contributed by atoms with van der Waals surface area (Å²) in [5, 5.41) is 61.5. The topological polar surface area (TPSA) is 194 Å². The van der Waals surface area contributed by atoms with E-state index in [1.54, 1.807) is 30.3 Å². The van der Waals surface area contributed by atoms with Gasteiger partial charge >= 0.3 is 5.97 Å². The highest BCUT2D eigenvalue weighted by atomic mass is 16.7. The van der Waals surface area contributed by atoms with Gasteiger partial charge in [-0.1, -0.05) is 18.2 Å². The third-order valence-electron chi connectivity index (χ3n) is 7.64. The Morgan fingerprint density at radius 2 is 1.69 bits per heavy atom. The number of hydrogen-bond acceptors (Lipinski definition) is 12. The van der Waals surface area contributed by atoms with E-state index in [4.69, 9.17) is 28.4 Å². The second-order valence-corrected chi connectivity index (χ2v) is 10.1. The molecule has 1 fully saturated rings. The van der Waals surface area contributed by atoms with Crippen LogP contribution in [-0.4, -0.2) is 87.8 Å². The number of aliphatic hydroxyl groups excluding tert-OH is 4. The molecule has 0 radical (unpaired) electrons. The molecule has 6 rings (SSSR count). The van der Waals surface area contributed by atoms with Gasteiger partial charge in [-0.2, -0.15) is 0 Å². The Balaban J connectivity index is 1.45. The van der Waals surface area contributed by atoms with Gasteiger partial charge in [-0.3, -0.25) is 0 Å². The fraction of sp³-hybridized carbons (Fsp3) is 0.345. The summed E-state index contributed by atoms with van der Waals surface area (Å²) in [5.41, 5.74) is 2.11. The predicted molar refractivity (Wildman–Crippen MR) is 141 cm³/mol. The summed E-state index contributed by atoms with van der Waals surface area (Å²) < 4.78 is 34.4. The van der Waals surface area contributed by atoms with Crippen LogP contribution in [-0.2, 0) is 9.53 Å². The van der Waals surface area contributed by atoms with Crippen LogP contribution < -0.4 is 23.7 Å². The van der Waals surface area contributed by atoms with E-state index in [9.17, 15) is 35.4 Å². The molecule has 42 heavy (non-hydrogen) atoms. The number of aromatic hydroxyl groups is 1. The number of benzene rings is 3. The van der Waals surface area contributed by atoms with E-state index in [0.717, 1.165) is 0 Å². The number of ether oxygens (including phenoxy) is 6. The molecule has 3 aliphatic heterocycles. The molecule has 13 nitrogen and oxygen atoms in total. The van der Waals surface area contributed by atoms with Gasteiger partial charge in [0.2, 0.25) is 18.3 Å². The smallest absolute Gasteiger partial charge is 0.335 e. The van der Waals surface area contributed by atoms with E-state index in [-0.39, 0.29) is 17.2 Å². The Morgan fingerprint density at radius 1 is 0.905 bits per heavy atom. The van der Waals surface area contributed by atoms with Crippen LogP contribution in [0.25, 0.3) is 11.1 Å². The number of aliphatic carboxylic acids is 1. The third-order valence-corrected chi connectivity index (χ3v) is 7.64. The number of fused-ring (bicyclic) bond motifs is 5. The van der Waals surface area contributed by atoms with Gasteiger partial charge in [0.25, 0.3) is 0 Å². The van der Waals surface area contributed by atoms with Gasteiger partial charge in [-0.05, 0) is 35.4 Å². The van der Waals surface area contributed by atoms with Crippen molar-refractivity contribution in [3.8, 4) is 45.6 Å². The van der Waals surface area contributed by atoms with Crippen molar-refractivity contribution in [2.75, 3.05) is 14.2 Å². The zero-order valence-corrected chi connectivity index (χ0v) is 22.3. The summed E-state index contributed by atoms with van der Waals surface area (Å²) in [6, 6.07) is 12.7. The summed E-state index contributed by atoms with van der Waals surface area (Å²) in [6.45, 7) is 0. The molecular weight excluding hydrogens is 556 g/mol. The molecule has 0 aromatic heterocycles. The molecule has 1 saturated heterocycles. The van der Waals surface area contributed by atoms with Crippen LogP contribution in [0, 0.1) is 0 Å². The number of carboxylic acids is 1. The van der Waals surface area contributed by atoms with Gasteiger partial charge < -0.3 is 59.1 Å². The molecule has 3 aliphatic rings. The molecule has 3 aromatic carbocycles. The summed E-state index contributed by atoms with van der Waals surface area (Å²) >= 11 is 0. The lowest BCUT2D eigenvalue weighted by Crippen LogP contribution is -2.61. The molecule has 0 spiro atoms. The quantitative estimate of drug-likeness (QED) is 0.243. The highest BCUT2D eigenvalue weighted by molar-refractivity contribution is 5.76. The number of carboxylic acid groups (broad SMARTS) is 1. The van der Waals surface area contributed by atoms with E-state index in [0.29, 0.717) is 39.5 Å². The first kappa shape index (κ1) is 27.9. The molecule has 13 heteroatoms. The van der Waals surface area contributed by atoms with Crippen LogP contribution in [0.5, 0.6) is 34.5 Å². The van der Waals surface area contributed by atoms with E-state index >= 15 is 0 Å². The molecule has 222 valence electrons. The van der Waals surface area contributed by atoms with Crippen LogP contribution in [0.15, 0.2) is 48.5 Å². The average molecular weight is 585 g/mol. The molecule has 8 atom stereocenters. The highest BCUT2D eigenvalue weighted by Gasteiger charge is 2.50. The number of hydrogen-bond donors (Lipinski definition) is 6. The number of carbonyl (C=O) groups is 1. The van der Waals surface area contributed by atoms with Gasteiger partial charge in [0.1, 0.15) is 41.7 Å². The Bertz CT molecular complexity index is 1520. The molecule has 3 aromatic rings. The molecule has 3 heterocycles. The van der Waals surface area contributed by atoms with Crippen molar-refractivity contribution in [2.45, 2.75) is 49.0 Å². The molecule has 0 unspecified atom stereocenters. The zero-order chi connectivity index (χ0) is 29.9. The number of rotatable bonds is 6. The fourth-order valence-electron chi connectivity index (χ4n) is 5.66. The maximum atomic E-state index is 11.6. The molecular formula is C29H28O13. The minimum absolute atomic E-state index is 0.00397. The van der Waals surface area contributed by atoms with Crippen molar-refractivity contribution in [2.24, 2.45) is 0 Å². The maximum absolute atomic E-state index is 11.6. The molecule has 6 N–H and O–H groups in total. The minimum atomic E-state index is -1.89. The lowest BCUT2D eigenvalue weighted by atomic mass is 9.84. The van der Waals surface area contributed by atoms with Gasteiger partial charge in [-0.15, -0.1) is 0 Å². The molecule has 0 amide bonds. The molecule has 0 aliphatic carbocycles. The number of phenolic OH excluding ortho intramolecular Hbond substituents is 1. The Labute approximate surface area is 238 Å². The fourth-order valence-corrected chi connectivity index (χ4v) is 5.66. The number of aliphatic hydroxyl groups is 4. The van der Waals surface area contributed by atoms with Crippen LogP contribution >= 0.6 is 0 Å². The molecule has 0 saturated carbocycles. The van der Waals surface area contributed by atoms with Crippen molar-refractivity contribution in [1.82, 2.24) is 0 Å². The van der Waals surface area contributed by atoms with Crippen molar-refractivity contribution < 1.29 is 63.9 Å². The van der Waals surface area contributed by atoms with Crippen LogP contribution in [0.4, 0.5) is 0 Å². The first-order chi connectivity index (χ1) is 20.1. The maximum Gasteiger partial charge on any atom is 0.335 e. The second-order valence-electron chi connectivity index (χ2n) is 10.1. The Kier molecular flexibility index (Phi) is 6.99. The van der Waals surface area contributed by atoms with Gasteiger partial charge in [0, 0.05) is 17.2 Å². The standard InChI is InChI=1S/C29H28O13/c1-37-16-7-6-14-19-25(41-23(14)24(16)38-2)18-15(11-4-3-5-12(30)8-11)9-13(10-17(18)40-28(19)36)39-29-22(33)20(31)21(32)26(42-29)27(34)35/h3-10,19-22,25-26,28-33,36H,1-2H3,(H,34,35)/t19-,20-,21-,22+,25-,26-,28-,29+/m0/s1. The third kappa shape index (κ3) is 4.42. The lowest BCUT2D eigenvalue weighted by molar-refractivity contribution is -0.271. The van der Waals surface area contributed by atoms with Crippen molar-refractivity contribution in [1.29, 1.82) is 0 Å². The minimum Gasteiger partial charge on any atom is -0.508 e. The summed E-state index contributed by atoms with van der Waals surface area (Å²) in [4.78, 5) is 11.6. The van der Waals surface area contributed by atoms with Crippen LogP contribution in [0.3, 0.4) is 0 Å². The number of phenols is 1. The predicted octanol–water partition coefficient (Wildman–Crippen LogP) is 1.28. The van der Waals surface area contributed by atoms with Crippen molar-refractivity contribution >= 4 is 5.97 Å². The van der Waals surface area contributed by atoms with E-state index < -0.39 is 55.0 Å². The van der Waals surface area contributed by atoms with Crippen molar-refractivity contribution in [3.05, 3.63) is 59.7 Å². The SMILES string of the molecule is COc1ccc2c(c1OC)O[C@H]1c3c(cc(O[C@@H]4O[C@H](C(=O)O)[C@@H](O)[C@H](O)[C@H]4O)cc3-c3cccc(O)c3)O[C@H](O)[C@@H]21. The van der Waals surface area contributed by atoms with Gasteiger partial charge in [0.05, 0.1) is 20.1 Å². The highest BCUT2D eigenvalue weighted by Crippen LogP contribution is 2.59. The summed E-state index contributed by atoms with van der Waals surface area (Å²) in [6.07, 6.45) is -11.3. The second kappa shape index (κ2) is 10.5. The first-order valence-corrected chi connectivity index (χ1v) is 13.0. The first-order valence-electron chi connectivity index (χ1n) is 13.0. The molecule has 0 bridgehead atoms. The van der Waals surface area contributed by atoms with E-state index in [1.807, 2.05) is 0 Å². The largest absolute Gasteiger partial charge is 0.508 e. The Morgan fingerprint density at radius 3 is 2.38 bits per heavy atom. The van der Waals surface area contributed by atoms with Crippen LogP contribution in [0.2, 0.25) is 0 Å². The zero-order valence-electron chi connectivity index (χ0n) is 22.3. The Hall–Kier alpha value is -4.27. The van der Waals surface area contributed by atoms with Crippen molar-refractivity contribution in [3.63, 3.8) is 0 Å². The summed E-state index contributed by atoms with van der Waals surface area (Å²) in [5.74, 6) is -0.981.